The van der Waals surface area contributed by atoms with Crippen LogP contribution in [0.1, 0.15) is 19.3 Å². The molecule has 0 bridgehead atoms. The minimum absolute atomic E-state index is 0.0286. The van der Waals surface area contributed by atoms with Crippen molar-refractivity contribution >= 4 is 29.5 Å². The van der Waals surface area contributed by atoms with E-state index < -0.39 is 0 Å². The Morgan fingerprint density at radius 3 is 2.74 bits per heavy atom. The van der Waals surface area contributed by atoms with Gasteiger partial charge in [0.25, 0.3) is 0 Å². The van der Waals surface area contributed by atoms with Crippen molar-refractivity contribution in [3.8, 4) is 0 Å². The monoisotopic (exact) mass is 285 g/mol. The average molecular weight is 285 g/mol. The van der Waals surface area contributed by atoms with Crippen molar-refractivity contribution in [3.63, 3.8) is 0 Å². The van der Waals surface area contributed by atoms with Crippen LogP contribution in [0.2, 0.25) is 0 Å². The summed E-state index contributed by atoms with van der Waals surface area (Å²) in [5.74, 6) is 1.75. The summed E-state index contributed by atoms with van der Waals surface area (Å²) in [6.45, 7) is 1.58. The van der Waals surface area contributed by atoms with Gasteiger partial charge in [0.05, 0.1) is 0 Å². The standard InChI is InChI=1S/C12H19N3O3S/c16-10(7-9-8-19-6-4-13-9)14-3-5-15-11(17)1-2-12(15)18/h9,13H,1-8H2,(H,14,16). The first-order valence-electron chi connectivity index (χ1n) is 6.58. The molecule has 0 radical (unpaired) electrons. The topological polar surface area (TPSA) is 78.5 Å². The van der Waals surface area contributed by atoms with Crippen molar-refractivity contribution in [1.29, 1.82) is 0 Å². The van der Waals surface area contributed by atoms with Crippen LogP contribution in [-0.2, 0) is 14.4 Å². The number of amides is 3. The van der Waals surface area contributed by atoms with Crippen LogP contribution in [0, 0.1) is 0 Å². The molecule has 2 saturated heterocycles. The molecule has 3 amide bonds. The van der Waals surface area contributed by atoms with Gasteiger partial charge in [-0.15, -0.1) is 0 Å². The van der Waals surface area contributed by atoms with Crippen LogP contribution in [0.5, 0.6) is 0 Å². The molecule has 106 valence electrons. The number of hydrogen-bond donors (Lipinski definition) is 2. The van der Waals surface area contributed by atoms with Crippen LogP contribution in [0.15, 0.2) is 0 Å². The van der Waals surface area contributed by atoms with E-state index in [0.29, 0.717) is 25.8 Å². The fourth-order valence-electron chi connectivity index (χ4n) is 2.23. The maximum absolute atomic E-state index is 11.7. The lowest BCUT2D eigenvalue weighted by atomic mass is 10.2. The second-order valence-corrected chi connectivity index (χ2v) is 5.87. The predicted octanol–water partition coefficient (Wildman–Crippen LogP) is -0.653. The summed E-state index contributed by atoms with van der Waals surface area (Å²) in [4.78, 5) is 35.6. The lowest BCUT2D eigenvalue weighted by Gasteiger charge is -2.22. The summed E-state index contributed by atoms with van der Waals surface area (Å²) in [5, 5.41) is 6.06. The number of imide groups is 1. The molecule has 0 spiro atoms. The number of nitrogens with zero attached hydrogens (tertiary/aromatic N) is 1. The number of nitrogens with one attached hydrogen (secondary N) is 2. The van der Waals surface area contributed by atoms with Crippen molar-refractivity contribution in [2.75, 3.05) is 31.1 Å². The Kier molecular flexibility index (Phi) is 5.21. The van der Waals surface area contributed by atoms with Gasteiger partial charge in [-0.1, -0.05) is 0 Å². The Hall–Kier alpha value is -1.08. The number of hydrogen-bond acceptors (Lipinski definition) is 5. The highest BCUT2D eigenvalue weighted by Gasteiger charge is 2.28. The normalized spacial score (nSPS) is 23.8. The maximum Gasteiger partial charge on any atom is 0.229 e. The van der Waals surface area contributed by atoms with Gasteiger partial charge in [0.2, 0.25) is 17.7 Å². The van der Waals surface area contributed by atoms with Gasteiger partial charge in [-0.2, -0.15) is 11.8 Å². The summed E-state index contributed by atoms with van der Waals surface area (Å²) in [6.07, 6.45) is 1.06. The van der Waals surface area contributed by atoms with E-state index >= 15 is 0 Å². The summed E-state index contributed by atoms with van der Waals surface area (Å²) in [5.41, 5.74) is 0. The number of rotatable bonds is 5. The van der Waals surface area contributed by atoms with Gasteiger partial charge in [0.1, 0.15) is 0 Å². The molecule has 2 fully saturated rings. The van der Waals surface area contributed by atoms with E-state index in [1.54, 1.807) is 0 Å². The molecule has 0 aromatic carbocycles. The molecule has 2 heterocycles. The highest BCUT2D eigenvalue weighted by molar-refractivity contribution is 7.99. The van der Waals surface area contributed by atoms with Gasteiger partial charge in [0, 0.05) is 56.4 Å². The van der Waals surface area contributed by atoms with Crippen molar-refractivity contribution in [2.24, 2.45) is 0 Å². The van der Waals surface area contributed by atoms with Gasteiger partial charge in [-0.05, 0) is 0 Å². The summed E-state index contributed by atoms with van der Waals surface area (Å²) in [7, 11) is 0. The number of carbonyl (C=O) groups is 3. The molecule has 0 aromatic heterocycles. The second kappa shape index (κ2) is 6.91. The third-order valence-electron chi connectivity index (χ3n) is 3.24. The molecule has 1 unspecified atom stereocenters. The lowest BCUT2D eigenvalue weighted by molar-refractivity contribution is -0.138. The number of carbonyl (C=O) groups excluding carboxylic acids is 3. The average Bonchev–Trinajstić information content (AvgIpc) is 2.71. The van der Waals surface area contributed by atoms with Gasteiger partial charge in [-0.25, -0.2) is 0 Å². The highest BCUT2D eigenvalue weighted by atomic mass is 32.2. The molecular formula is C12H19N3O3S. The van der Waals surface area contributed by atoms with E-state index in [-0.39, 0.29) is 30.3 Å². The molecular weight excluding hydrogens is 266 g/mol. The molecule has 0 aliphatic carbocycles. The number of likely N-dealkylation sites (tertiary alicyclic amines) is 1. The predicted molar refractivity (Wildman–Crippen MR) is 72.7 cm³/mol. The van der Waals surface area contributed by atoms with Crippen molar-refractivity contribution in [3.05, 3.63) is 0 Å². The molecule has 2 N–H and O–H groups in total. The van der Waals surface area contributed by atoms with Crippen molar-refractivity contribution in [2.45, 2.75) is 25.3 Å². The zero-order chi connectivity index (χ0) is 13.7. The second-order valence-electron chi connectivity index (χ2n) is 4.72. The van der Waals surface area contributed by atoms with E-state index in [1.165, 1.54) is 4.90 Å². The van der Waals surface area contributed by atoms with Gasteiger partial charge in [-0.3, -0.25) is 19.3 Å². The van der Waals surface area contributed by atoms with Crippen LogP contribution in [0.25, 0.3) is 0 Å². The van der Waals surface area contributed by atoms with E-state index in [0.717, 1.165) is 18.1 Å². The van der Waals surface area contributed by atoms with Crippen molar-refractivity contribution < 1.29 is 14.4 Å². The zero-order valence-corrected chi connectivity index (χ0v) is 11.6. The van der Waals surface area contributed by atoms with Gasteiger partial charge < -0.3 is 10.6 Å². The van der Waals surface area contributed by atoms with Crippen LogP contribution in [0.4, 0.5) is 0 Å². The Balaban J connectivity index is 1.63. The molecule has 2 rings (SSSR count). The Labute approximate surface area is 116 Å². The maximum atomic E-state index is 11.7. The molecule has 2 aliphatic heterocycles. The first kappa shape index (κ1) is 14.3. The molecule has 0 aromatic rings. The third kappa shape index (κ3) is 4.21. The third-order valence-corrected chi connectivity index (χ3v) is 4.37. The Morgan fingerprint density at radius 2 is 2.11 bits per heavy atom. The molecule has 19 heavy (non-hydrogen) atoms. The van der Waals surface area contributed by atoms with Crippen molar-refractivity contribution in [1.82, 2.24) is 15.5 Å². The number of thioether (sulfide) groups is 1. The van der Waals surface area contributed by atoms with E-state index in [9.17, 15) is 14.4 Å². The zero-order valence-electron chi connectivity index (χ0n) is 10.8. The minimum atomic E-state index is -0.135. The smallest absolute Gasteiger partial charge is 0.229 e. The Bertz CT molecular complexity index is 353. The van der Waals surface area contributed by atoms with Gasteiger partial charge in [0.15, 0.2) is 0 Å². The quantitative estimate of drug-likeness (QED) is 0.656. The summed E-state index contributed by atoms with van der Waals surface area (Å²) >= 11 is 1.85. The molecule has 0 saturated carbocycles. The van der Waals surface area contributed by atoms with Crippen LogP contribution >= 0.6 is 11.8 Å². The van der Waals surface area contributed by atoms with Crippen LogP contribution in [0.3, 0.4) is 0 Å². The lowest BCUT2D eigenvalue weighted by Crippen LogP contribution is -2.43. The highest BCUT2D eigenvalue weighted by Crippen LogP contribution is 2.11. The van der Waals surface area contributed by atoms with E-state index in [2.05, 4.69) is 10.6 Å². The fourth-order valence-corrected chi connectivity index (χ4v) is 3.18. The Morgan fingerprint density at radius 1 is 1.37 bits per heavy atom. The molecule has 1 atom stereocenters. The first-order valence-corrected chi connectivity index (χ1v) is 7.73. The molecule has 6 nitrogen and oxygen atoms in total. The SMILES string of the molecule is O=C(CC1CSCCN1)NCCN1C(=O)CCC1=O. The van der Waals surface area contributed by atoms with Crippen LogP contribution in [-0.4, -0.2) is 59.8 Å². The van der Waals surface area contributed by atoms with E-state index in [4.69, 9.17) is 0 Å². The minimum Gasteiger partial charge on any atom is -0.354 e. The molecule has 2 aliphatic rings. The van der Waals surface area contributed by atoms with Gasteiger partial charge >= 0.3 is 0 Å². The fraction of sp³-hybridized carbons (Fsp3) is 0.750. The summed E-state index contributed by atoms with van der Waals surface area (Å²) < 4.78 is 0. The molecule has 7 heteroatoms. The van der Waals surface area contributed by atoms with Crippen LogP contribution < -0.4 is 10.6 Å². The summed E-state index contributed by atoms with van der Waals surface area (Å²) in [6, 6.07) is 0.230. The largest absolute Gasteiger partial charge is 0.354 e. The first-order chi connectivity index (χ1) is 9.16. The van der Waals surface area contributed by atoms with E-state index in [1.807, 2.05) is 11.8 Å².